The summed E-state index contributed by atoms with van der Waals surface area (Å²) in [5, 5.41) is 6.48. The minimum atomic E-state index is -0.374. The monoisotopic (exact) mass is 621 g/mol. The van der Waals surface area contributed by atoms with Gasteiger partial charge in [0.25, 0.3) is 11.8 Å². The van der Waals surface area contributed by atoms with Crippen LogP contribution in [0.3, 0.4) is 0 Å². The fourth-order valence-corrected chi connectivity index (χ4v) is 5.60. The van der Waals surface area contributed by atoms with Crippen molar-refractivity contribution in [2.75, 3.05) is 31.6 Å². The van der Waals surface area contributed by atoms with Crippen LogP contribution in [0.25, 0.3) is 33.4 Å². The predicted octanol–water partition coefficient (Wildman–Crippen LogP) is 7.84. The molecule has 0 aliphatic carbocycles. The highest BCUT2D eigenvalue weighted by Gasteiger charge is 2.25. The molecular weight excluding hydrogens is 581 g/mol. The lowest BCUT2D eigenvalue weighted by Gasteiger charge is -2.24. The van der Waals surface area contributed by atoms with Crippen molar-refractivity contribution < 1.29 is 23.1 Å². The third kappa shape index (κ3) is 7.13. The van der Waals surface area contributed by atoms with Crippen LogP contribution in [0.5, 0.6) is 0 Å². The highest BCUT2D eigenvalue weighted by Crippen LogP contribution is 2.41. The van der Waals surface area contributed by atoms with Crippen LogP contribution in [0, 0.1) is 5.82 Å². The maximum Gasteiger partial charge on any atom is 0.255 e. The van der Waals surface area contributed by atoms with E-state index in [2.05, 4.69) is 29.4 Å². The van der Waals surface area contributed by atoms with E-state index in [0.717, 1.165) is 41.9 Å². The van der Waals surface area contributed by atoms with Gasteiger partial charge in [0.05, 0.1) is 24.8 Å². The Balaban J connectivity index is 1.51. The normalized spacial score (nSPS) is 11.8. The molecular formula is C38H40FN3O4. The number of fused-ring (bicyclic) bond motifs is 1. The lowest BCUT2D eigenvalue weighted by Crippen LogP contribution is -2.37. The summed E-state index contributed by atoms with van der Waals surface area (Å²) < 4.78 is 26.0. The Bertz CT molecular complexity index is 1800. The summed E-state index contributed by atoms with van der Waals surface area (Å²) in [4.78, 5) is 28.9. The molecule has 8 heteroatoms. The summed E-state index contributed by atoms with van der Waals surface area (Å²) in [5.74, 6) is -0.505. The van der Waals surface area contributed by atoms with Crippen molar-refractivity contribution in [2.24, 2.45) is 0 Å². The maximum absolute atomic E-state index is 13.7. The van der Waals surface area contributed by atoms with E-state index in [0.29, 0.717) is 46.6 Å². The zero-order valence-corrected chi connectivity index (χ0v) is 26.7. The molecule has 5 rings (SSSR count). The third-order valence-corrected chi connectivity index (χ3v) is 8.17. The average Bonchev–Trinajstić information content (AvgIpc) is 3.47. The van der Waals surface area contributed by atoms with Gasteiger partial charge in [0.1, 0.15) is 17.2 Å². The van der Waals surface area contributed by atoms with Crippen LogP contribution in [0.1, 0.15) is 53.5 Å². The Hall–Kier alpha value is -4.95. The highest BCUT2D eigenvalue weighted by molar-refractivity contribution is 6.13. The zero-order valence-electron chi connectivity index (χ0n) is 26.7. The van der Waals surface area contributed by atoms with Crippen molar-refractivity contribution in [3.63, 3.8) is 0 Å². The molecule has 5 aromatic rings. The van der Waals surface area contributed by atoms with E-state index >= 15 is 0 Å². The first-order valence-corrected chi connectivity index (χ1v) is 15.7. The number of furan rings is 1. The van der Waals surface area contributed by atoms with Gasteiger partial charge in [0.2, 0.25) is 0 Å². The molecule has 4 aromatic carbocycles. The number of hydrogen-bond acceptors (Lipinski definition) is 5. The zero-order chi connectivity index (χ0) is 32.6. The lowest BCUT2D eigenvalue weighted by atomic mass is 9.96. The molecule has 0 saturated heterocycles. The van der Waals surface area contributed by atoms with Crippen LogP contribution in [0.2, 0.25) is 0 Å². The summed E-state index contributed by atoms with van der Waals surface area (Å²) in [6.45, 7) is 8.54. The van der Waals surface area contributed by atoms with Gasteiger partial charge in [-0.25, -0.2) is 4.39 Å². The molecule has 46 heavy (non-hydrogen) atoms. The first-order chi connectivity index (χ1) is 22.4. The number of carbonyl (C=O) groups is 2. The number of halogens is 1. The van der Waals surface area contributed by atoms with Crippen LogP contribution in [0.4, 0.5) is 10.1 Å². The number of rotatable bonds is 13. The molecule has 1 unspecified atom stereocenters. The van der Waals surface area contributed by atoms with Gasteiger partial charge in [-0.15, -0.1) is 0 Å². The molecule has 0 radical (unpaired) electrons. The first kappa shape index (κ1) is 32.4. The van der Waals surface area contributed by atoms with E-state index in [9.17, 15) is 14.0 Å². The first-order valence-electron chi connectivity index (χ1n) is 15.7. The number of ether oxygens (including phenoxy) is 1. The van der Waals surface area contributed by atoms with Gasteiger partial charge >= 0.3 is 0 Å². The molecule has 0 fully saturated rings. The Morgan fingerprint density at radius 1 is 0.870 bits per heavy atom. The van der Waals surface area contributed by atoms with Gasteiger partial charge in [-0.1, -0.05) is 49.4 Å². The quantitative estimate of drug-likeness (QED) is 0.140. The standard InChI is InChI=1S/C38H40FN3O4/c1-5-30(24-45-23-25-12-9-8-10-13-25)41-37(43)28-15-11-14-27(20-28)31-21-32-34(22-33(31)42(6-2)7-3)46-36(35(32)38(44)40-4)26-16-18-29(39)19-17-26/h8-22,30H,5-7,23-24H2,1-4H3,(H,40,44)(H,41,43). The van der Waals surface area contributed by atoms with Crippen molar-refractivity contribution in [3.05, 3.63) is 114 Å². The fraction of sp³-hybridized carbons (Fsp3) is 0.263. The number of hydrogen-bond donors (Lipinski definition) is 2. The van der Waals surface area contributed by atoms with E-state index in [1.54, 1.807) is 25.2 Å². The van der Waals surface area contributed by atoms with Gasteiger partial charge in [-0.05, 0) is 73.9 Å². The largest absolute Gasteiger partial charge is 0.455 e. The van der Waals surface area contributed by atoms with Crippen LogP contribution >= 0.6 is 0 Å². The Morgan fingerprint density at radius 2 is 1.61 bits per heavy atom. The summed E-state index contributed by atoms with van der Waals surface area (Å²) in [6.07, 6.45) is 0.724. The SMILES string of the molecule is CCC(COCc1ccccc1)NC(=O)c1cccc(-c2cc3c(C(=O)NC)c(-c4ccc(F)cc4)oc3cc2N(CC)CC)c1. The number of benzene rings is 4. The Morgan fingerprint density at radius 3 is 2.28 bits per heavy atom. The molecule has 1 heterocycles. The molecule has 1 aromatic heterocycles. The Labute approximate surface area is 269 Å². The second kappa shape index (κ2) is 14.9. The average molecular weight is 622 g/mol. The topological polar surface area (TPSA) is 83.8 Å². The van der Waals surface area contributed by atoms with Crippen molar-refractivity contribution in [2.45, 2.75) is 39.8 Å². The summed E-state index contributed by atoms with van der Waals surface area (Å²) >= 11 is 0. The molecule has 0 bridgehead atoms. The third-order valence-electron chi connectivity index (χ3n) is 8.17. The number of nitrogens with zero attached hydrogens (tertiary/aromatic N) is 1. The van der Waals surface area contributed by atoms with Gasteiger partial charge in [0.15, 0.2) is 0 Å². The van der Waals surface area contributed by atoms with Crippen LogP contribution < -0.4 is 15.5 Å². The second-order valence-electron chi connectivity index (χ2n) is 11.1. The summed E-state index contributed by atoms with van der Waals surface area (Å²) in [5.41, 5.74) is 5.72. The van der Waals surface area contributed by atoms with Crippen LogP contribution in [0.15, 0.2) is 95.4 Å². The van der Waals surface area contributed by atoms with Gasteiger partial charge in [0, 0.05) is 54.0 Å². The fourth-order valence-electron chi connectivity index (χ4n) is 5.60. The second-order valence-corrected chi connectivity index (χ2v) is 11.1. The van der Waals surface area contributed by atoms with Crippen LogP contribution in [-0.4, -0.2) is 44.6 Å². The number of anilines is 1. The molecule has 2 N–H and O–H groups in total. The minimum Gasteiger partial charge on any atom is -0.455 e. The predicted molar refractivity (Wildman–Crippen MR) is 182 cm³/mol. The molecule has 0 spiro atoms. The van der Waals surface area contributed by atoms with Crippen LogP contribution in [-0.2, 0) is 11.3 Å². The summed E-state index contributed by atoms with van der Waals surface area (Å²) in [6, 6.07) is 27.1. The Kier molecular flexibility index (Phi) is 10.5. The van der Waals surface area contributed by atoms with Crippen molar-refractivity contribution in [1.29, 1.82) is 0 Å². The van der Waals surface area contributed by atoms with E-state index in [4.69, 9.17) is 9.15 Å². The van der Waals surface area contributed by atoms with E-state index in [-0.39, 0.29) is 23.7 Å². The number of carbonyl (C=O) groups excluding carboxylic acids is 2. The number of nitrogens with one attached hydrogen (secondary N) is 2. The molecule has 0 aliphatic rings. The van der Waals surface area contributed by atoms with Gasteiger partial charge in [-0.3, -0.25) is 9.59 Å². The molecule has 2 amide bonds. The van der Waals surface area contributed by atoms with Crippen molar-refractivity contribution in [1.82, 2.24) is 10.6 Å². The van der Waals surface area contributed by atoms with Crippen molar-refractivity contribution in [3.8, 4) is 22.5 Å². The molecule has 7 nitrogen and oxygen atoms in total. The smallest absolute Gasteiger partial charge is 0.255 e. The lowest BCUT2D eigenvalue weighted by molar-refractivity contribution is 0.0792. The number of amides is 2. The van der Waals surface area contributed by atoms with E-state index in [1.165, 1.54) is 12.1 Å². The maximum atomic E-state index is 13.7. The minimum absolute atomic E-state index is 0.145. The van der Waals surface area contributed by atoms with Gasteiger partial charge in [-0.2, -0.15) is 0 Å². The molecule has 0 aliphatic heterocycles. The highest BCUT2D eigenvalue weighted by atomic mass is 19.1. The molecule has 1 atom stereocenters. The molecule has 0 saturated carbocycles. The summed E-state index contributed by atoms with van der Waals surface area (Å²) in [7, 11) is 1.57. The van der Waals surface area contributed by atoms with Crippen molar-refractivity contribution >= 4 is 28.5 Å². The molecule has 238 valence electrons. The van der Waals surface area contributed by atoms with E-state index < -0.39 is 0 Å². The van der Waals surface area contributed by atoms with Gasteiger partial charge < -0.3 is 24.7 Å². The van der Waals surface area contributed by atoms with E-state index in [1.807, 2.05) is 67.6 Å².